The number of nitrogens with one attached hydrogen (secondary N) is 1. The predicted molar refractivity (Wildman–Crippen MR) is 79.2 cm³/mol. The third-order valence-corrected chi connectivity index (χ3v) is 4.79. The number of carbonyl (C=O) groups is 1. The van der Waals surface area contributed by atoms with Gasteiger partial charge in [-0.15, -0.1) is 0 Å². The van der Waals surface area contributed by atoms with E-state index in [1.54, 1.807) is 45.0 Å². The van der Waals surface area contributed by atoms with Crippen LogP contribution >= 0.6 is 0 Å². The van der Waals surface area contributed by atoms with Crippen molar-refractivity contribution < 1.29 is 13.2 Å². The van der Waals surface area contributed by atoms with E-state index in [-0.39, 0.29) is 5.78 Å². The Bertz CT molecular complexity index is 618. The number of rotatable bonds is 2. The Morgan fingerprint density at radius 3 is 2.50 bits per heavy atom. The minimum Gasteiger partial charge on any atom is -0.294 e. The molecule has 1 N–H and O–H groups in total. The van der Waals surface area contributed by atoms with Gasteiger partial charge >= 0.3 is 10.2 Å². The Kier molecular flexibility index (Phi) is 3.88. The number of Topliss-reactive ketones (excluding diaryl/α,β-unsaturated/α-hetero) is 1. The first-order valence-electron chi connectivity index (χ1n) is 6.64. The van der Waals surface area contributed by atoms with E-state index >= 15 is 0 Å². The highest BCUT2D eigenvalue weighted by molar-refractivity contribution is 7.90. The zero-order chi connectivity index (χ0) is 15.0. The van der Waals surface area contributed by atoms with E-state index in [1.165, 1.54) is 4.31 Å². The summed E-state index contributed by atoms with van der Waals surface area (Å²) in [6, 6.07) is 6.87. The average molecular weight is 296 g/mol. The van der Waals surface area contributed by atoms with E-state index in [9.17, 15) is 13.2 Å². The van der Waals surface area contributed by atoms with Gasteiger partial charge in [-0.2, -0.15) is 13.1 Å². The number of hydrogen-bond donors (Lipinski definition) is 1. The maximum Gasteiger partial charge on any atom is 0.302 e. The summed E-state index contributed by atoms with van der Waals surface area (Å²) in [5.74, 6) is -0.00550. The molecule has 0 saturated carbocycles. The maximum absolute atomic E-state index is 12.5. The Hall–Kier alpha value is -1.40. The molecule has 0 bridgehead atoms. The largest absolute Gasteiger partial charge is 0.302 e. The fraction of sp³-hybridized carbons (Fsp3) is 0.500. The van der Waals surface area contributed by atoms with Crippen molar-refractivity contribution in [2.45, 2.75) is 39.2 Å². The van der Waals surface area contributed by atoms with Crippen LogP contribution in [0.5, 0.6) is 0 Å². The number of benzene rings is 1. The van der Waals surface area contributed by atoms with E-state index in [2.05, 4.69) is 4.72 Å². The lowest BCUT2D eigenvalue weighted by Crippen LogP contribution is -2.49. The molecular weight excluding hydrogens is 276 g/mol. The number of ketones is 1. The molecule has 1 aliphatic heterocycles. The smallest absolute Gasteiger partial charge is 0.294 e. The maximum atomic E-state index is 12.5. The van der Waals surface area contributed by atoms with Gasteiger partial charge in [0.05, 0.1) is 5.69 Å². The van der Waals surface area contributed by atoms with Gasteiger partial charge in [-0.1, -0.05) is 12.1 Å². The highest BCUT2D eigenvalue weighted by Gasteiger charge is 2.31. The van der Waals surface area contributed by atoms with Crippen molar-refractivity contribution in [2.75, 3.05) is 10.8 Å². The van der Waals surface area contributed by atoms with E-state index in [4.69, 9.17) is 0 Å². The molecule has 2 rings (SSSR count). The van der Waals surface area contributed by atoms with Gasteiger partial charge in [0.1, 0.15) is 0 Å². The van der Waals surface area contributed by atoms with Crippen molar-refractivity contribution in [3.63, 3.8) is 0 Å². The quantitative estimate of drug-likeness (QED) is 0.909. The highest BCUT2D eigenvalue weighted by atomic mass is 32.2. The van der Waals surface area contributed by atoms with Crippen molar-refractivity contribution >= 4 is 21.7 Å². The second kappa shape index (κ2) is 5.18. The minimum absolute atomic E-state index is 0.00550. The van der Waals surface area contributed by atoms with Crippen molar-refractivity contribution in [2.24, 2.45) is 0 Å². The van der Waals surface area contributed by atoms with Crippen LogP contribution in [0.2, 0.25) is 0 Å². The number of para-hydroxylation sites is 1. The Morgan fingerprint density at radius 2 is 1.85 bits per heavy atom. The molecule has 0 amide bonds. The first kappa shape index (κ1) is 15.0. The molecule has 0 radical (unpaired) electrons. The molecule has 0 fully saturated rings. The Morgan fingerprint density at radius 1 is 1.20 bits per heavy atom. The van der Waals surface area contributed by atoms with Crippen LogP contribution in [0.25, 0.3) is 0 Å². The molecule has 1 aromatic carbocycles. The van der Waals surface area contributed by atoms with Gasteiger partial charge in [-0.05, 0) is 39.3 Å². The number of carbonyl (C=O) groups excluding carboxylic acids is 1. The summed E-state index contributed by atoms with van der Waals surface area (Å²) in [6.07, 6.45) is 0.900. The fourth-order valence-electron chi connectivity index (χ4n) is 2.26. The van der Waals surface area contributed by atoms with Crippen LogP contribution in [0, 0.1) is 0 Å². The lowest BCUT2D eigenvalue weighted by Gasteiger charge is -2.29. The number of hydrogen-bond acceptors (Lipinski definition) is 3. The summed E-state index contributed by atoms with van der Waals surface area (Å²) in [7, 11) is -3.67. The molecule has 6 heteroatoms. The van der Waals surface area contributed by atoms with E-state index in [1.807, 2.05) is 0 Å². The average Bonchev–Trinajstić information content (AvgIpc) is 2.47. The molecule has 0 spiro atoms. The van der Waals surface area contributed by atoms with Crippen LogP contribution in [-0.2, 0) is 10.2 Å². The molecule has 0 unspecified atom stereocenters. The minimum atomic E-state index is -3.67. The zero-order valence-electron chi connectivity index (χ0n) is 12.0. The molecule has 0 aromatic heterocycles. The first-order chi connectivity index (χ1) is 9.21. The molecule has 1 heterocycles. The van der Waals surface area contributed by atoms with Gasteiger partial charge in [0.15, 0.2) is 5.78 Å². The summed E-state index contributed by atoms with van der Waals surface area (Å²) in [4.78, 5) is 12.0. The van der Waals surface area contributed by atoms with Gasteiger partial charge in [-0.3, -0.25) is 9.10 Å². The van der Waals surface area contributed by atoms with E-state index in [0.717, 1.165) is 0 Å². The van der Waals surface area contributed by atoms with Gasteiger partial charge in [0.25, 0.3) is 0 Å². The summed E-state index contributed by atoms with van der Waals surface area (Å²) in [5.41, 5.74) is 0.375. The molecule has 0 saturated heterocycles. The fourth-order valence-corrected chi connectivity index (χ4v) is 3.93. The van der Waals surface area contributed by atoms with Gasteiger partial charge in [-0.25, -0.2) is 0 Å². The molecule has 0 atom stereocenters. The second-order valence-electron chi connectivity index (χ2n) is 5.97. The van der Waals surface area contributed by atoms with E-state index in [0.29, 0.717) is 30.6 Å². The lowest BCUT2D eigenvalue weighted by molar-refractivity contribution is 0.0983. The van der Waals surface area contributed by atoms with Crippen molar-refractivity contribution in [3.8, 4) is 0 Å². The lowest BCUT2D eigenvalue weighted by atomic mass is 10.1. The zero-order valence-corrected chi connectivity index (χ0v) is 12.8. The van der Waals surface area contributed by atoms with Crippen LogP contribution in [0.4, 0.5) is 5.69 Å². The molecule has 110 valence electrons. The van der Waals surface area contributed by atoms with Crippen molar-refractivity contribution in [1.29, 1.82) is 0 Å². The third-order valence-electron chi connectivity index (χ3n) is 2.96. The molecule has 20 heavy (non-hydrogen) atoms. The predicted octanol–water partition coefficient (Wildman–Crippen LogP) is 2.10. The van der Waals surface area contributed by atoms with Crippen LogP contribution in [-0.4, -0.2) is 26.3 Å². The summed E-state index contributed by atoms with van der Waals surface area (Å²) in [5, 5.41) is 0. The van der Waals surface area contributed by atoms with Crippen molar-refractivity contribution in [1.82, 2.24) is 4.72 Å². The standard InChI is InChI=1S/C14H20N2O3S/c1-14(2,3)15-20(18,19)16-10-6-9-13(17)11-7-4-5-8-12(11)16/h4-5,7-8,15H,6,9-10H2,1-3H3. The van der Waals surface area contributed by atoms with Crippen LogP contribution in [0.15, 0.2) is 24.3 Å². The monoisotopic (exact) mass is 296 g/mol. The number of anilines is 1. The Balaban J connectivity index is 2.47. The molecule has 1 aromatic rings. The first-order valence-corrected chi connectivity index (χ1v) is 8.08. The van der Waals surface area contributed by atoms with E-state index < -0.39 is 15.7 Å². The highest BCUT2D eigenvalue weighted by Crippen LogP contribution is 2.28. The molecule has 1 aliphatic rings. The van der Waals surface area contributed by atoms with Gasteiger partial charge < -0.3 is 0 Å². The van der Waals surface area contributed by atoms with Crippen LogP contribution < -0.4 is 9.03 Å². The second-order valence-corrected chi connectivity index (χ2v) is 7.57. The Labute approximate surface area is 120 Å². The molecular formula is C14H20N2O3S. The molecule has 5 nitrogen and oxygen atoms in total. The number of nitrogens with zero attached hydrogens (tertiary/aromatic N) is 1. The van der Waals surface area contributed by atoms with Crippen LogP contribution in [0.1, 0.15) is 44.0 Å². The normalized spacial score (nSPS) is 16.8. The molecule has 0 aliphatic carbocycles. The summed E-state index contributed by atoms with van der Waals surface area (Å²) >= 11 is 0. The SMILES string of the molecule is CC(C)(C)NS(=O)(=O)N1CCCC(=O)c2ccccc21. The summed E-state index contributed by atoms with van der Waals surface area (Å²) < 4.78 is 29.0. The van der Waals surface area contributed by atoms with Crippen LogP contribution in [0.3, 0.4) is 0 Å². The summed E-state index contributed by atoms with van der Waals surface area (Å²) in [6.45, 7) is 5.69. The third kappa shape index (κ3) is 3.19. The topological polar surface area (TPSA) is 66.5 Å². The van der Waals surface area contributed by atoms with Gasteiger partial charge in [0.2, 0.25) is 0 Å². The van der Waals surface area contributed by atoms with Gasteiger partial charge in [0, 0.05) is 24.1 Å². The van der Waals surface area contributed by atoms with Crippen molar-refractivity contribution in [3.05, 3.63) is 29.8 Å². The number of fused-ring (bicyclic) bond motifs is 1.